The van der Waals surface area contributed by atoms with Gasteiger partial charge < -0.3 is 5.43 Å². The van der Waals surface area contributed by atoms with E-state index in [1.807, 2.05) is 0 Å². The molecule has 0 fully saturated rings. The number of para-hydroxylation sites is 1. The molecule has 10 heavy (non-hydrogen) atoms. The summed E-state index contributed by atoms with van der Waals surface area (Å²) in [7, 11) is 1.69. The molecule has 0 radical (unpaired) electrons. The Balaban J connectivity index is 2.81. The van der Waals surface area contributed by atoms with Gasteiger partial charge in [-0.25, -0.2) is 9.82 Å². The Bertz CT molecular complexity index is 213. The molecule has 0 bridgehead atoms. The first-order chi connectivity index (χ1) is 4.84. The molecule has 2 N–H and O–H groups in total. The van der Waals surface area contributed by atoms with Crippen molar-refractivity contribution in [2.24, 2.45) is 0 Å². The van der Waals surface area contributed by atoms with E-state index < -0.39 is 0 Å². The monoisotopic (exact) mass is 140 g/mol. The van der Waals surface area contributed by atoms with Crippen LogP contribution in [-0.2, 0) is 0 Å². The summed E-state index contributed by atoms with van der Waals surface area (Å²) in [5, 5.41) is 0. The van der Waals surface area contributed by atoms with Crippen LogP contribution in [0, 0.1) is 5.82 Å². The van der Waals surface area contributed by atoms with Crippen molar-refractivity contribution in [3.63, 3.8) is 0 Å². The largest absolute Gasteiger partial charge is 0.319 e. The molecule has 0 saturated heterocycles. The Kier molecular flexibility index (Phi) is 2.23. The Hall–Kier alpha value is -1.09. The number of hydrazine groups is 1. The van der Waals surface area contributed by atoms with Crippen molar-refractivity contribution in [3.05, 3.63) is 30.1 Å². The molecule has 0 heterocycles. The zero-order chi connectivity index (χ0) is 7.40. The van der Waals surface area contributed by atoms with Crippen LogP contribution in [0.15, 0.2) is 24.3 Å². The summed E-state index contributed by atoms with van der Waals surface area (Å²) in [5.41, 5.74) is 5.75. The van der Waals surface area contributed by atoms with E-state index in [1.54, 1.807) is 25.2 Å². The van der Waals surface area contributed by atoms with E-state index in [1.165, 1.54) is 6.07 Å². The van der Waals surface area contributed by atoms with Gasteiger partial charge in [0.05, 0.1) is 5.69 Å². The fourth-order valence-corrected chi connectivity index (χ4v) is 0.697. The number of hydrogen-bond acceptors (Lipinski definition) is 2. The van der Waals surface area contributed by atoms with Crippen molar-refractivity contribution in [3.8, 4) is 0 Å². The van der Waals surface area contributed by atoms with Crippen LogP contribution in [0.25, 0.3) is 0 Å². The molecule has 1 aromatic rings. The molecule has 0 amide bonds. The average Bonchev–Trinajstić information content (AvgIpc) is 1.94. The lowest BCUT2D eigenvalue weighted by Gasteiger charge is -2.03. The number of benzene rings is 1. The molecule has 0 saturated carbocycles. The minimum atomic E-state index is -0.253. The van der Waals surface area contributed by atoms with E-state index in [4.69, 9.17) is 0 Å². The van der Waals surface area contributed by atoms with Crippen LogP contribution < -0.4 is 10.9 Å². The fraction of sp³-hybridized carbons (Fsp3) is 0.143. The molecule has 0 spiro atoms. The number of rotatable bonds is 2. The number of halogens is 1. The van der Waals surface area contributed by atoms with Crippen LogP contribution in [0.4, 0.5) is 10.1 Å². The lowest BCUT2D eigenvalue weighted by Crippen LogP contribution is -2.15. The smallest absolute Gasteiger partial charge is 0.147 e. The first-order valence-electron chi connectivity index (χ1n) is 3.02. The van der Waals surface area contributed by atoms with E-state index in [0.717, 1.165) is 0 Å². The highest BCUT2D eigenvalue weighted by Gasteiger charge is 1.95. The van der Waals surface area contributed by atoms with Crippen LogP contribution in [0.5, 0.6) is 0 Å². The van der Waals surface area contributed by atoms with Gasteiger partial charge in [-0.3, -0.25) is 0 Å². The fourth-order valence-electron chi connectivity index (χ4n) is 0.697. The van der Waals surface area contributed by atoms with Crippen molar-refractivity contribution in [1.82, 2.24) is 5.43 Å². The second kappa shape index (κ2) is 3.17. The first-order valence-corrected chi connectivity index (χ1v) is 3.02. The summed E-state index contributed by atoms with van der Waals surface area (Å²) in [6, 6.07) is 6.48. The standard InChI is InChI=1S/C7H9FN2/c1-9-10-7-5-3-2-4-6(7)8/h2-5,9-10H,1H3. The van der Waals surface area contributed by atoms with Gasteiger partial charge in [-0.05, 0) is 12.1 Å². The second-order valence-electron chi connectivity index (χ2n) is 1.85. The normalized spacial score (nSPS) is 9.40. The maximum atomic E-state index is 12.7. The summed E-state index contributed by atoms with van der Waals surface area (Å²) in [5.74, 6) is -0.253. The topological polar surface area (TPSA) is 24.1 Å². The molecule has 2 nitrogen and oxygen atoms in total. The average molecular weight is 140 g/mol. The van der Waals surface area contributed by atoms with Gasteiger partial charge in [0.25, 0.3) is 0 Å². The van der Waals surface area contributed by atoms with Gasteiger partial charge in [0.2, 0.25) is 0 Å². The Morgan fingerprint density at radius 3 is 2.60 bits per heavy atom. The lowest BCUT2D eigenvalue weighted by atomic mass is 10.3. The summed E-state index contributed by atoms with van der Waals surface area (Å²) < 4.78 is 12.7. The van der Waals surface area contributed by atoms with Crippen LogP contribution in [-0.4, -0.2) is 7.05 Å². The van der Waals surface area contributed by atoms with E-state index >= 15 is 0 Å². The molecule has 54 valence electrons. The first kappa shape index (κ1) is 7.02. The zero-order valence-corrected chi connectivity index (χ0v) is 5.69. The van der Waals surface area contributed by atoms with Gasteiger partial charge in [0.1, 0.15) is 5.82 Å². The molecule has 0 aliphatic rings. The highest BCUT2D eigenvalue weighted by Crippen LogP contribution is 2.09. The SMILES string of the molecule is CNNc1ccccc1F. The van der Waals surface area contributed by atoms with Crippen molar-refractivity contribution >= 4 is 5.69 Å². The lowest BCUT2D eigenvalue weighted by molar-refractivity contribution is 0.628. The van der Waals surface area contributed by atoms with Crippen molar-refractivity contribution in [2.45, 2.75) is 0 Å². The van der Waals surface area contributed by atoms with Crippen LogP contribution in [0.3, 0.4) is 0 Å². The Labute approximate surface area is 59.0 Å². The second-order valence-corrected chi connectivity index (χ2v) is 1.85. The highest BCUT2D eigenvalue weighted by atomic mass is 19.1. The van der Waals surface area contributed by atoms with E-state index in [-0.39, 0.29) is 5.82 Å². The zero-order valence-electron chi connectivity index (χ0n) is 5.69. The maximum Gasteiger partial charge on any atom is 0.147 e. The van der Waals surface area contributed by atoms with Gasteiger partial charge in [-0.2, -0.15) is 0 Å². The van der Waals surface area contributed by atoms with Crippen molar-refractivity contribution in [1.29, 1.82) is 0 Å². The third-order valence-electron chi connectivity index (χ3n) is 1.13. The van der Waals surface area contributed by atoms with Gasteiger partial charge in [-0.1, -0.05) is 12.1 Å². The van der Waals surface area contributed by atoms with Crippen molar-refractivity contribution < 1.29 is 4.39 Å². The molecule has 3 heteroatoms. The molecule has 0 aromatic heterocycles. The molecular formula is C7H9FN2. The van der Waals surface area contributed by atoms with E-state index in [0.29, 0.717) is 5.69 Å². The van der Waals surface area contributed by atoms with Gasteiger partial charge >= 0.3 is 0 Å². The predicted molar refractivity (Wildman–Crippen MR) is 39.1 cm³/mol. The van der Waals surface area contributed by atoms with Crippen LogP contribution in [0.2, 0.25) is 0 Å². The van der Waals surface area contributed by atoms with Crippen molar-refractivity contribution in [2.75, 3.05) is 12.5 Å². The van der Waals surface area contributed by atoms with Crippen LogP contribution >= 0.6 is 0 Å². The van der Waals surface area contributed by atoms with Gasteiger partial charge in [0, 0.05) is 7.05 Å². The predicted octanol–water partition coefficient (Wildman–Crippen LogP) is 1.37. The Morgan fingerprint density at radius 2 is 2.00 bits per heavy atom. The molecule has 1 rings (SSSR count). The van der Waals surface area contributed by atoms with E-state index in [2.05, 4.69) is 10.9 Å². The summed E-state index contributed by atoms with van der Waals surface area (Å²) in [6.07, 6.45) is 0. The minimum Gasteiger partial charge on any atom is -0.319 e. The summed E-state index contributed by atoms with van der Waals surface area (Å²) in [6.45, 7) is 0. The summed E-state index contributed by atoms with van der Waals surface area (Å²) in [4.78, 5) is 0. The molecule has 0 unspecified atom stereocenters. The minimum absolute atomic E-state index is 0.253. The summed E-state index contributed by atoms with van der Waals surface area (Å²) >= 11 is 0. The van der Waals surface area contributed by atoms with Crippen LogP contribution in [0.1, 0.15) is 0 Å². The number of anilines is 1. The van der Waals surface area contributed by atoms with Gasteiger partial charge in [-0.15, -0.1) is 0 Å². The molecule has 1 aromatic carbocycles. The van der Waals surface area contributed by atoms with E-state index in [9.17, 15) is 4.39 Å². The Morgan fingerprint density at radius 1 is 1.30 bits per heavy atom. The third kappa shape index (κ3) is 1.45. The third-order valence-corrected chi connectivity index (χ3v) is 1.13. The molecule has 0 atom stereocenters. The molecular weight excluding hydrogens is 131 g/mol. The highest BCUT2D eigenvalue weighted by molar-refractivity contribution is 5.42. The molecule has 0 aliphatic heterocycles. The maximum absolute atomic E-state index is 12.7. The van der Waals surface area contributed by atoms with Gasteiger partial charge in [0.15, 0.2) is 0 Å². The molecule has 0 aliphatic carbocycles. The number of hydrogen-bond donors (Lipinski definition) is 2. The quantitative estimate of drug-likeness (QED) is 0.606. The number of nitrogens with one attached hydrogen (secondary N) is 2.